The minimum Gasteiger partial charge on any atom is -0.457 e. The normalized spacial score (nSPS) is 18.3. The van der Waals surface area contributed by atoms with Gasteiger partial charge in [-0.05, 0) is 24.3 Å². The molecule has 1 atom stereocenters. The fraction of sp³-hybridized carbons (Fsp3) is 0.364. The molecule has 0 bridgehead atoms. The van der Waals surface area contributed by atoms with Crippen LogP contribution >= 0.6 is 0 Å². The summed E-state index contributed by atoms with van der Waals surface area (Å²) in [6.45, 7) is 0. The van der Waals surface area contributed by atoms with E-state index in [4.69, 9.17) is 4.74 Å². The van der Waals surface area contributed by atoms with Crippen molar-refractivity contribution in [1.82, 2.24) is 0 Å². The molecule has 0 N–H and O–H groups in total. The van der Waals surface area contributed by atoms with Gasteiger partial charge in [0.05, 0.1) is 0 Å². The number of alkyl halides is 12. The van der Waals surface area contributed by atoms with E-state index in [0.29, 0.717) is 0 Å². The van der Waals surface area contributed by atoms with E-state index in [1.165, 1.54) is 30.3 Å². The van der Waals surface area contributed by atoms with Crippen molar-refractivity contribution >= 4 is 5.97 Å². The van der Waals surface area contributed by atoms with Crippen molar-refractivity contribution in [3.05, 3.63) is 60.2 Å². The molecule has 1 unspecified atom stereocenters. The summed E-state index contributed by atoms with van der Waals surface area (Å²) in [6.07, 6.45) is -31.5. The molecule has 0 radical (unpaired) electrons. The van der Waals surface area contributed by atoms with Crippen LogP contribution in [0.5, 0.6) is 11.5 Å². The lowest BCUT2D eigenvalue weighted by atomic mass is 9.89. The molecule has 38 heavy (non-hydrogen) atoms. The maximum atomic E-state index is 13.6. The summed E-state index contributed by atoms with van der Waals surface area (Å²) in [7, 11) is 0. The van der Waals surface area contributed by atoms with E-state index in [-0.39, 0.29) is 11.5 Å². The molecular weight excluding hydrogens is 554 g/mol. The van der Waals surface area contributed by atoms with Crippen LogP contribution in [0.1, 0.15) is 11.7 Å². The van der Waals surface area contributed by atoms with Crippen LogP contribution in [0.25, 0.3) is 0 Å². The van der Waals surface area contributed by atoms with E-state index < -0.39 is 59.1 Å². The largest absolute Gasteiger partial charge is 0.457 e. The third-order valence-electron chi connectivity index (χ3n) is 5.92. The van der Waals surface area contributed by atoms with Gasteiger partial charge in [0.15, 0.2) is 10.8 Å². The predicted molar refractivity (Wildman–Crippen MR) is 100.0 cm³/mol. The van der Waals surface area contributed by atoms with Gasteiger partial charge in [-0.25, -0.2) is 0 Å². The van der Waals surface area contributed by atoms with Crippen LogP contribution in [0, 0.1) is 28.1 Å². The van der Waals surface area contributed by atoms with Crippen LogP contribution in [0.15, 0.2) is 54.6 Å². The lowest BCUT2D eigenvalue weighted by Gasteiger charge is -2.31. The molecule has 0 heterocycles. The Morgan fingerprint density at radius 1 is 0.737 bits per heavy atom. The summed E-state index contributed by atoms with van der Waals surface area (Å²) in [5.41, 5.74) is -13.7. The average Bonchev–Trinajstić information content (AvgIpc) is 3.48. The predicted octanol–water partition coefficient (Wildman–Crippen LogP) is 7.44. The van der Waals surface area contributed by atoms with Crippen LogP contribution in [0.3, 0.4) is 0 Å². The fourth-order valence-corrected chi connectivity index (χ4v) is 4.42. The third kappa shape index (κ3) is 4.17. The van der Waals surface area contributed by atoms with Gasteiger partial charge < -0.3 is 9.47 Å². The molecule has 0 saturated heterocycles. The number of para-hydroxylation sites is 1. The molecule has 0 amide bonds. The highest BCUT2D eigenvalue weighted by atomic mass is 19.4. The van der Waals surface area contributed by atoms with E-state index in [1.807, 2.05) is 0 Å². The molecule has 3 rings (SSSR count). The number of hydrogen-bond acceptors (Lipinski definition) is 4. The van der Waals surface area contributed by atoms with Crippen molar-refractivity contribution in [3.8, 4) is 17.6 Å². The topological polar surface area (TPSA) is 59.3 Å². The van der Waals surface area contributed by atoms with Crippen LogP contribution < -0.4 is 4.74 Å². The first-order valence-electron chi connectivity index (χ1n) is 9.97. The van der Waals surface area contributed by atoms with E-state index in [1.54, 1.807) is 6.07 Å². The first kappa shape index (κ1) is 28.9. The molecule has 1 aliphatic carbocycles. The fourth-order valence-electron chi connectivity index (χ4n) is 4.42. The van der Waals surface area contributed by atoms with Crippen molar-refractivity contribution < 1.29 is 67.0 Å². The zero-order valence-electron chi connectivity index (χ0n) is 18.1. The van der Waals surface area contributed by atoms with Crippen molar-refractivity contribution in [2.24, 2.45) is 16.7 Å². The molecule has 0 spiro atoms. The Morgan fingerprint density at radius 2 is 1.18 bits per heavy atom. The monoisotopic (exact) mass is 565 g/mol. The smallest absolute Gasteiger partial charge is 0.405 e. The first-order chi connectivity index (χ1) is 17.3. The zero-order chi connectivity index (χ0) is 28.9. The van der Waals surface area contributed by atoms with Crippen molar-refractivity contribution in [3.63, 3.8) is 0 Å². The van der Waals surface area contributed by atoms with Gasteiger partial charge in [0.2, 0.25) is 6.10 Å². The molecule has 1 fully saturated rings. The molecular formula is C22H11F12NO3. The average molecular weight is 565 g/mol. The molecule has 4 nitrogen and oxygen atoms in total. The van der Waals surface area contributed by atoms with Crippen molar-refractivity contribution in [1.29, 1.82) is 5.26 Å². The Hall–Kier alpha value is -3.64. The molecule has 206 valence electrons. The zero-order valence-corrected chi connectivity index (χ0v) is 18.1. The van der Waals surface area contributed by atoms with Crippen LogP contribution in [0.4, 0.5) is 52.7 Å². The second kappa shape index (κ2) is 8.98. The Morgan fingerprint density at radius 3 is 1.61 bits per heavy atom. The molecule has 2 aromatic carbocycles. The standard InChI is InChI=1S/C22H11F12NO3/c23-19(24,25)17(20(26,27)28)15(18(17,21(29,30)31)22(32,33)34)16(36)38-14(10-35)11-5-4-8-13(9-11)37-12-6-2-1-3-7-12/h1-9,14-15H. The molecule has 1 saturated carbocycles. The molecule has 0 aliphatic heterocycles. The number of nitrogens with zero attached hydrogens (tertiary/aromatic N) is 1. The Bertz CT molecular complexity index is 1160. The summed E-state index contributed by atoms with van der Waals surface area (Å²) in [5, 5.41) is 9.25. The van der Waals surface area contributed by atoms with Crippen LogP contribution in [-0.4, -0.2) is 30.7 Å². The lowest BCUT2D eigenvalue weighted by Crippen LogP contribution is -2.53. The highest BCUT2D eigenvalue weighted by Crippen LogP contribution is 2.89. The van der Waals surface area contributed by atoms with Gasteiger partial charge in [-0.2, -0.15) is 57.9 Å². The van der Waals surface area contributed by atoms with Gasteiger partial charge in [-0.3, -0.25) is 4.79 Å². The van der Waals surface area contributed by atoms with Crippen LogP contribution in [-0.2, 0) is 9.53 Å². The number of carbonyl (C=O) groups excluding carboxylic acids is 1. The minimum absolute atomic E-state index is 0.128. The summed E-state index contributed by atoms with van der Waals surface area (Å²) < 4.78 is 172. The summed E-state index contributed by atoms with van der Waals surface area (Å²) in [4.78, 5) is 12.3. The first-order valence-corrected chi connectivity index (χ1v) is 9.97. The molecule has 1 aliphatic rings. The Kier molecular flexibility index (Phi) is 6.84. The second-order valence-electron chi connectivity index (χ2n) is 7.97. The van der Waals surface area contributed by atoms with Crippen molar-refractivity contribution in [2.75, 3.05) is 0 Å². The van der Waals surface area contributed by atoms with E-state index in [9.17, 15) is 62.7 Å². The Balaban J connectivity index is 2.06. The lowest BCUT2D eigenvalue weighted by molar-refractivity contribution is -0.381. The van der Waals surface area contributed by atoms with Gasteiger partial charge in [0.1, 0.15) is 23.5 Å². The number of hydrogen-bond donors (Lipinski definition) is 0. The minimum atomic E-state index is -7.26. The summed E-state index contributed by atoms with van der Waals surface area (Å²) in [6, 6.07) is 12.8. The number of nitriles is 1. The highest BCUT2D eigenvalue weighted by Gasteiger charge is 3.11. The SMILES string of the molecule is N#CC(OC(=O)C1C(C(F)(F)F)(C(F)(F)F)C1(C(F)(F)F)C(F)(F)F)c1cccc(Oc2ccccc2)c1. The third-order valence-corrected chi connectivity index (χ3v) is 5.92. The van der Waals surface area contributed by atoms with Gasteiger partial charge in [0, 0.05) is 5.56 Å². The number of halogens is 12. The maximum absolute atomic E-state index is 13.6. The molecule has 2 aromatic rings. The highest BCUT2D eigenvalue weighted by molar-refractivity contribution is 5.81. The van der Waals surface area contributed by atoms with Crippen molar-refractivity contribution in [2.45, 2.75) is 30.8 Å². The number of ether oxygens (including phenoxy) is 2. The van der Waals surface area contributed by atoms with E-state index in [0.717, 1.165) is 24.3 Å². The van der Waals surface area contributed by atoms with Crippen LogP contribution in [0.2, 0.25) is 0 Å². The number of esters is 1. The second-order valence-corrected chi connectivity index (χ2v) is 7.97. The number of rotatable bonds is 5. The van der Waals surface area contributed by atoms with E-state index in [2.05, 4.69) is 4.74 Å². The number of carbonyl (C=O) groups is 1. The molecule has 16 heteroatoms. The van der Waals surface area contributed by atoms with Gasteiger partial charge in [0.25, 0.3) is 0 Å². The maximum Gasteiger partial charge on any atom is 0.405 e. The van der Waals surface area contributed by atoms with Gasteiger partial charge in [-0.15, -0.1) is 0 Å². The summed E-state index contributed by atoms with van der Waals surface area (Å²) >= 11 is 0. The van der Waals surface area contributed by atoms with Gasteiger partial charge >= 0.3 is 30.7 Å². The number of benzene rings is 2. The summed E-state index contributed by atoms with van der Waals surface area (Å²) in [5.74, 6) is -7.96. The Labute approximate surface area is 204 Å². The van der Waals surface area contributed by atoms with Gasteiger partial charge in [-0.1, -0.05) is 30.3 Å². The quantitative estimate of drug-likeness (QED) is 0.280. The van der Waals surface area contributed by atoms with E-state index >= 15 is 0 Å². The molecule has 0 aromatic heterocycles.